The lowest BCUT2D eigenvalue weighted by Crippen LogP contribution is -2.29. The number of methoxy groups -OCH3 is 1. The Morgan fingerprint density at radius 3 is 2.56 bits per heavy atom. The van der Waals surface area contributed by atoms with Crippen LogP contribution in [-0.4, -0.2) is 39.8 Å². The number of ether oxygens (including phenoxy) is 2. The third-order valence-corrected chi connectivity index (χ3v) is 7.30. The number of unbranched alkanes of at least 4 members (excludes halogenated alkanes) is 3. The lowest BCUT2D eigenvalue weighted by atomic mass is 9.95. The first kappa shape index (κ1) is 26.6. The minimum atomic E-state index is -0.468. The summed E-state index contributed by atoms with van der Waals surface area (Å²) in [5.74, 6) is 1.19. The Morgan fingerprint density at radius 1 is 1.03 bits per heavy atom. The quantitative estimate of drug-likeness (QED) is 0.195. The molecule has 7 nitrogen and oxygen atoms in total. The summed E-state index contributed by atoms with van der Waals surface area (Å²) in [6, 6.07) is 19.8. The molecule has 2 heterocycles. The maximum Gasteiger partial charge on any atom is 0.273 e. The van der Waals surface area contributed by atoms with Crippen LogP contribution in [0.2, 0.25) is 5.02 Å². The summed E-state index contributed by atoms with van der Waals surface area (Å²) >= 11 is 6.11. The molecule has 39 heavy (non-hydrogen) atoms. The molecule has 4 aromatic rings. The highest BCUT2D eigenvalue weighted by atomic mass is 35.5. The number of aromatic amines is 1. The van der Waals surface area contributed by atoms with Crippen LogP contribution in [0, 0.1) is 0 Å². The van der Waals surface area contributed by atoms with E-state index < -0.39 is 6.04 Å². The van der Waals surface area contributed by atoms with E-state index in [4.69, 9.17) is 21.1 Å². The van der Waals surface area contributed by atoms with Crippen molar-refractivity contribution in [2.75, 3.05) is 13.7 Å². The highest BCUT2D eigenvalue weighted by molar-refractivity contribution is 6.30. The van der Waals surface area contributed by atoms with Crippen LogP contribution in [0.5, 0.6) is 17.2 Å². The number of carbonyl (C=O) groups excluding carboxylic acids is 1. The standard InChI is InChI=1S/C31H32ClN3O4/c1-3-4-5-8-17-39-25-16-13-21(18-26(25)38-2)30-27-28(23-9-6-7-10-24(23)36)33-34-29(27)31(37)35(30)19-20-11-14-22(32)15-12-20/h6-7,9-16,18,30,36H,3-5,8,17,19H2,1-2H3,(H,33,34). The first-order valence-corrected chi connectivity index (χ1v) is 13.6. The van der Waals surface area contributed by atoms with Gasteiger partial charge in [0.25, 0.3) is 5.91 Å². The van der Waals surface area contributed by atoms with E-state index in [1.54, 1.807) is 30.2 Å². The van der Waals surface area contributed by atoms with Gasteiger partial charge in [0.05, 0.1) is 19.8 Å². The molecular weight excluding hydrogens is 514 g/mol. The maximum absolute atomic E-state index is 13.7. The number of nitrogens with one attached hydrogen (secondary N) is 1. The van der Waals surface area contributed by atoms with Crippen LogP contribution < -0.4 is 9.47 Å². The van der Waals surface area contributed by atoms with Crippen molar-refractivity contribution < 1.29 is 19.4 Å². The topological polar surface area (TPSA) is 87.7 Å². The molecule has 1 aromatic heterocycles. The Labute approximate surface area is 233 Å². The van der Waals surface area contributed by atoms with Gasteiger partial charge in [-0.1, -0.05) is 68.1 Å². The molecule has 0 spiro atoms. The summed E-state index contributed by atoms with van der Waals surface area (Å²) in [6.07, 6.45) is 4.46. The van der Waals surface area contributed by atoms with E-state index in [1.165, 1.54) is 12.8 Å². The summed E-state index contributed by atoms with van der Waals surface area (Å²) in [5.41, 5.74) is 4.01. The number of amides is 1. The molecule has 0 aliphatic carbocycles. The highest BCUT2D eigenvalue weighted by Gasteiger charge is 2.42. The van der Waals surface area contributed by atoms with E-state index in [1.807, 2.05) is 48.5 Å². The Hall–Kier alpha value is -3.97. The van der Waals surface area contributed by atoms with Crippen molar-refractivity contribution in [3.8, 4) is 28.5 Å². The van der Waals surface area contributed by atoms with E-state index in [-0.39, 0.29) is 11.7 Å². The van der Waals surface area contributed by atoms with Crippen molar-refractivity contribution in [1.29, 1.82) is 0 Å². The van der Waals surface area contributed by atoms with Crippen LogP contribution in [0.1, 0.15) is 65.8 Å². The van der Waals surface area contributed by atoms with E-state index >= 15 is 0 Å². The predicted molar refractivity (Wildman–Crippen MR) is 151 cm³/mol. The maximum atomic E-state index is 13.7. The van der Waals surface area contributed by atoms with Gasteiger partial charge in [0, 0.05) is 22.7 Å². The van der Waals surface area contributed by atoms with Crippen molar-refractivity contribution in [1.82, 2.24) is 15.1 Å². The number of aromatic nitrogens is 2. The Balaban J connectivity index is 1.55. The molecule has 0 saturated carbocycles. The van der Waals surface area contributed by atoms with Gasteiger partial charge in [-0.05, 0) is 53.9 Å². The second-order valence-electron chi connectivity index (χ2n) is 9.66. The summed E-state index contributed by atoms with van der Waals surface area (Å²) in [4.78, 5) is 15.5. The Morgan fingerprint density at radius 2 is 1.82 bits per heavy atom. The highest BCUT2D eigenvalue weighted by Crippen LogP contribution is 2.46. The van der Waals surface area contributed by atoms with Gasteiger partial charge in [0.1, 0.15) is 17.1 Å². The molecule has 2 N–H and O–H groups in total. The lowest BCUT2D eigenvalue weighted by Gasteiger charge is -2.27. The number of carbonyl (C=O) groups is 1. The molecule has 1 unspecified atom stereocenters. The molecule has 1 atom stereocenters. The SMILES string of the molecule is CCCCCCOc1ccc(C2c3c(-c4ccccc4O)n[nH]c3C(=O)N2Cc2ccc(Cl)cc2)cc1OC. The largest absolute Gasteiger partial charge is 0.507 e. The number of hydrogen-bond acceptors (Lipinski definition) is 5. The molecule has 0 radical (unpaired) electrons. The normalized spacial score (nSPS) is 14.5. The molecular formula is C31H32ClN3O4. The molecule has 0 fully saturated rings. The third-order valence-electron chi connectivity index (χ3n) is 7.05. The summed E-state index contributed by atoms with van der Waals surface area (Å²) in [6.45, 7) is 3.16. The predicted octanol–water partition coefficient (Wildman–Crippen LogP) is 7.15. The van der Waals surface area contributed by atoms with Crippen LogP contribution in [0.25, 0.3) is 11.3 Å². The van der Waals surface area contributed by atoms with Crippen LogP contribution in [0.15, 0.2) is 66.7 Å². The molecule has 5 rings (SSSR count). The average molecular weight is 546 g/mol. The van der Waals surface area contributed by atoms with Crippen LogP contribution in [0.4, 0.5) is 0 Å². The summed E-state index contributed by atoms with van der Waals surface area (Å²) in [5, 5.41) is 18.7. The third kappa shape index (κ3) is 5.45. The summed E-state index contributed by atoms with van der Waals surface area (Å²) in [7, 11) is 1.62. The zero-order chi connectivity index (χ0) is 27.4. The fourth-order valence-corrected chi connectivity index (χ4v) is 5.18. The Bertz CT molecular complexity index is 1450. The number of H-pyrrole nitrogens is 1. The molecule has 1 aliphatic rings. The zero-order valence-corrected chi connectivity index (χ0v) is 22.9. The lowest BCUT2D eigenvalue weighted by molar-refractivity contribution is 0.0730. The molecule has 1 aliphatic heterocycles. The minimum absolute atomic E-state index is 0.0959. The fraction of sp³-hybridized carbons (Fsp3) is 0.290. The molecule has 3 aromatic carbocycles. The van der Waals surface area contributed by atoms with Gasteiger partial charge in [-0.3, -0.25) is 9.89 Å². The monoisotopic (exact) mass is 545 g/mol. The summed E-state index contributed by atoms with van der Waals surface area (Å²) < 4.78 is 11.8. The minimum Gasteiger partial charge on any atom is -0.507 e. The van der Waals surface area contributed by atoms with E-state index in [0.29, 0.717) is 52.2 Å². The molecule has 0 bridgehead atoms. The smallest absolute Gasteiger partial charge is 0.273 e. The number of phenols is 1. The van der Waals surface area contributed by atoms with Crippen molar-refractivity contribution >= 4 is 17.5 Å². The van der Waals surface area contributed by atoms with E-state index in [2.05, 4.69) is 17.1 Å². The molecule has 1 amide bonds. The number of para-hydroxylation sites is 1. The average Bonchev–Trinajstić information content (AvgIpc) is 3.49. The molecule has 8 heteroatoms. The van der Waals surface area contributed by atoms with Crippen molar-refractivity contribution in [3.05, 3.63) is 94.1 Å². The number of halogens is 1. The second kappa shape index (κ2) is 11.8. The van der Waals surface area contributed by atoms with E-state index in [9.17, 15) is 9.90 Å². The molecule has 202 valence electrons. The van der Waals surface area contributed by atoms with Crippen molar-refractivity contribution in [2.45, 2.75) is 45.2 Å². The van der Waals surface area contributed by atoms with Gasteiger partial charge in [-0.25, -0.2) is 0 Å². The van der Waals surface area contributed by atoms with Gasteiger partial charge in [-0.2, -0.15) is 5.10 Å². The first-order valence-electron chi connectivity index (χ1n) is 13.2. The zero-order valence-electron chi connectivity index (χ0n) is 22.1. The van der Waals surface area contributed by atoms with Gasteiger partial charge in [0.15, 0.2) is 11.5 Å². The van der Waals surface area contributed by atoms with Gasteiger partial charge in [-0.15, -0.1) is 0 Å². The second-order valence-corrected chi connectivity index (χ2v) is 10.1. The van der Waals surface area contributed by atoms with Gasteiger partial charge >= 0.3 is 0 Å². The van der Waals surface area contributed by atoms with Crippen molar-refractivity contribution in [2.24, 2.45) is 0 Å². The molecule has 0 saturated heterocycles. The number of nitrogens with zero attached hydrogens (tertiary/aromatic N) is 2. The number of hydrogen-bond donors (Lipinski definition) is 2. The number of phenolic OH excluding ortho intramolecular Hbond substituents is 1. The first-order chi connectivity index (χ1) is 19.0. The number of fused-ring (bicyclic) bond motifs is 1. The fourth-order valence-electron chi connectivity index (χ4n) is 5.06. The number of benzene rings is 3. The van der Waals surface area contributed by atoms with Crippen LogP contribution >= 0.6 is 11.6 Å². The van der Waals surface area contributed by atoms with Crippen molar-refractivity contribution in [3.63, 3.8) is 0 Å². The van der Waals surface area contributed by atoms with Gasteiger partial charge < -0.3 is 19.5 Å². The number of aromatic hydroxyl groups is 1. The van der Waals surface area contributed by atoms with E-state index in [0.717, 1.165) is 24.0 Å². The number of rotatable bonds is 11. The van der Waals surface area contributed by atoms with Crippen LogP contribution in [0.3, 0.4) is 0 Å². The Kier molecular flexibility index (Phi) is 8.07. The van der Waals surface area contributed by atoms with Gasteiger partial charge in [0.2, 0.25) is 0 Å². The van der Waals surface area contributed by atoms with Crippen LogP contribution in [-0.2, 0) is 6.54 Å².